The molecule has 0 radical (unpaired) electrons. The number of rotatable bonds is 4. The van der Waals surface area contributed by atoms with Gasteiger partial charge in [-0.15, -0.1) is 0 Å². The number of nitrogens with zero attached hydrogens (tertiary/aromatic N) is 2. The van der Waals surface area contributed by atoms with E-state index in [9.17, 15) is 9.90 Å². The number of aromatic hydroxyl groups is 1. The van der Waals surface area contributed by atoms with Gasteiger partial charge in [0.2, 0.25) is 5.91 Å². The Hall–Kier alpha value is -2.82. The van der Waals surface area contributed by atoms with Crippen molar-refractivity contribution in [1.82, 2.24) is 9.88 Å². The van der Waals surface area contributed by atoms with Crippen molar-refractivity contribution in [3.05, 3.63) is 59.4 Å². The molecule has 0 spiro atoms. The fraction of sp³-hybridized carbons (Fsp3) is 0.300. The van der Waals surface area contributed by atoms with E-state index in [0.29, 0.717) is 5.75 Å². The van der Waals surface area contributed by atoms with Gasteiger partial charge in [0, 0.05) is 18.3 Å². The molecule has 0 saturated carbocycles. The summed E-state index contributed by atoms with van der Waals surface area (Å²) < 4.78 is 5.02. The van der Waals surface area contributed by atoms with E-state index in [1.165, 1.54) is 7.11 Å². The molecule has 2 aromatic rings. The first-order valence-electron chi connectivity index (χ1n) is 8.38. The Morgan fingerprint density at radius 1 is 1.36 bits per heavy atom. The van der Waals surface area contributed by atoms with Crippen LogP contribution in [0.15, 0.2) is 42.5 Å². The summed E-state index contributed by atoms with van der Waals surface area (Å²) in [5.74, 6) is 0.426. The van der Waals surface area contributed by atoms with Crippen LogP contribution >= 0.6 is 0 Å². The minimum atomic E-state index is -0.0406. The second kappa shape index (κ2) is 7.38. The van der Waals surface area contributed by atoms with Crippen LogP contribution in [0, 0.1) is 6.92 Å². The maximum absolute atomic E-state index is 12.6. The lowest BCUT2D eigenvalue weighted by Gasteiger charge is -2.23. The number of benzene rings is 1. The number of pyridine rings is 1. The molecule has 3 rings (SSSR count). The van der Waals surface area contributed by atoms with Crippen LogP contribution < -0.4 is 4.74 Å². The van der Waals surface area contributed by atoms with Crippen LogP contribution in [-0.4, -0.2) is 34.6 Å². The molecule has 2 heterocycles. The molecular formula is C20H22N2O3. The standard InChI is InChI=1S/C20H22N2O3/c1-14-5-3-6-16(21-14)17-7-4-12-22(17)20(24)11-9-15-8-10-19(25-2)18(23)13-15/h3,5-6,8-11,13,17,23H,4,7,12H2,1-2H3/b11-9+/t17-/m1/s1. The molecule has 1 aliphatic heterocycles. The first-order chi connectivity index (χ1) is 12.1. The topological polar surface area (TPSA) is 62.7 Å². The summed E-state index contributed by atoms with van der Waals surface area (Å²) in [6.07, 6.45) is 5.17. The van der Waals surface area contributed by atoms with Gasteiger partial charge in [0.15, 0.2) is 11.5 Å². The second-order valence-electron chi connectivity index (χ2n) is 6.16. The molecule has 1 atom stereocenters. The van der Waals surface area contributed by atoms with Crippen LogP contribution in [0.1, 0.15) is 35.8 Å². The summed E-state index contributed by atoms with van der Waals surface area (Å²) in [6, 6.07) is 11.0. The molecule has 1 aliphatic rings. The average Bonchev–Trinajstić information content (AvgIpc) is 3.09. The quantitative estimate of drug-likeness (QED) is 0.867. The Kier molecular flexibility index (Phi) is 5.03. The Bertz CT molecular complexity index is 801. The molecule has 0 unspecified atom stereocenters. The summed E-state index contributed by atoms with van der Waals surface area (Å²) in [5, 5.41) is 9.82. The van der Waals surface area contributed by atoms with E-state index in [4.69, 9.17) is 4.74 Å². The van der Waals surface area contributed by atoms with E-state index < -0.39 is 0 Å². The van der Waals surface area contributed by atoms with Gasteiger partial charge in [-0.2, -0.15) is 0 Å². The largest absolute Gasteiger partial charge is 0.504 e. The van der Waals surface area contributed by atoms with Gasteiger partial charge in [-0.1, -0.05) is 12.1 Å². The van der Waals surface area contributed by atoms with E-state index in [0.717, 1.165) is 36.3 Å². The highest BCUT2D eigenvalue weighted by Gasteiger charge is 2.29. The predicted octanol–water partition coefficient (Wildman–Crippen LogP) is 3.48. The molecule has 130 valence electrons. The molecule has 1 aromatic heterocycles. The van der Waals surface area contributed by atoms with Crippen molar-refractivity contribution in [1.29, 1.82) is 0 Å². The Balaban J connectivity index is 1.74. The zero-order chi connectivity index (χ0) is 17.8. The van der Waals surface area contributed by atoms with Crippen LogP contribution in [0.5, 0.6) is 11.5 Å². The van der Waals surface area contributed by atoms with E-state index in [-0.39, 0.29) is 17.7 Å². The molecule has 1 N–H and O–H groups in total. The Morgan fingerprint density at radius 3 is 2.92 bits per heavy atom. The van der Waals surface area contributed by atoms with Gasteiger partial charge in [0.05, 0.1) is 18.8 Å². The lowest BCUT2D eigenvalue weighted by molar-refractivity contribution is -0.126. The van der Waals surface area contributed by atoms with Crippen molar-refractivity contribution in [2.45, 2.75) is 25.8 Å². The van der Waals surface area contributed by atoms with E-state index in [1.54, 1.807) is 30.4 Å². The van der Waals surface area contributed by atoms with Crippen LogP contribution in [0.3, 0.4) is 0 Å². The smallest absolute Gasteiger partial charge is 0.247 e. The maximum Gasteiger partial charge on any atom is 0.247 e. The number of likely N-dealkylation sites (tertiary alicyclic amines) is 1. The summed E-state index contributed by atoms with van der Waals surface area (Å²) in [4.78, 5) is 19.1. The summed E-state index contributed by atoms with van der Waals surface area (Å²) in [7, 11) is 1.50. The lowest BCUT2D eigenvalue weighted by atomic mass is 10.1. The average molecular weight is 338 g/mol. The number of ether oxygens (including phenoxy) is 1. The Labute approximate surface area is 147 Å². The van der Waals surface area contributed by atoms with Crippen molar-refractivity contribution < 1.29 is 14.6 Å². The second-order valence-corrected chi connectivity index (χ2v) is 6.16. The molecule has 1 saturated heterocycles. The predicted molar refractivity (Wildman–Crippen MR) is 96.4 cm³/mol. The van der Waals surface area contributed by atoms with Gasteiger partial charge in [0.1, 0.15) is 0 Å². The number of carbonyl (C=O) groups excluding carboxylic acids is 1. The molecule has 5 heteroatoms. The van der Waals surface area contributed by atoms with Crippen LogP contribution in [0.25, 0.3) is 6.08 Å². The normalized spacial score (nSPS) is 17.2. The van der Waals surface area contributed by atoms with Gasteiger partial charge in [-0.05, 0) is 55.7 Å². The van der Waals surface area contributed by atoms with Gasteiger partial charge in [-0.25, -0.2) is 0 Å². The first-order valence-corrected chi connectivity index (χ1v) is 8.38. The highest BCUT2D eigenvalue weighted by atomic mass is 16.5. The molecule has 1 amide bonds. The summed E-state index contributed by atoms with van der Waals surface area (Å²) in [5.41, 5.74) is 2.65. The van der Waals surface area contributed by atoms with Gasteiger partial charge in [0.25, 0.3) is 0 Å². The maximum atomic E-state index is 12.6. The number of phenolic OH excluding ortho intramolecular Hbond substituents is 1. The fourth-order valence-electron chi connectivity index (χ4n) is 3.16. The Morgan fingerprint density at radius 2 is 2.20 bits per heavy atom. The summed E-state index contributed by atoms with van der Waals surface area (Å²) in [6.45, 7) is 2.69. The number of carbonyl (C=O) groups is 1. The number of methoxy groups -OCH3 is 1. The number of aryl methyl sites for hydroxylation is 1. The van der Waals surface area contributed by atoms with Crippen molar-refractivity contribution in [2.75, 3.05) is 13.7 Å². The van der Waals surface area contributed by atoms with Crippen LogP contribution in [0.4, 0.5) is 0 Å². The van der Waals surface area contributed by atoms with E-state index in [2.05, 4.69) is 4.98 Å². The number of amides is 1. The molecule has 1 aromatic carbocycles. The highest BCUT2D eigenvalue weighted by Crippen LogP contribution is 2.31. The van der Waals surface area contributed by atoms with E-state index in [1.807, 2.05) is 30.0 Å². The fourth-order valence-corrected chi connectivity index (χ4v) is 3.16. The zero-order valence-electron chi connectivity index (χ0n) is 14.5. The van der Waals surface area contributed by atoms with Crippen molar-refractivity contribution in [2.24, 2.45) is 0 Å². The van der Waals surface area contributed by atoms with Gasteiger partial charge in [-0.3, -0.25) is 9.78 Å². The number of hydrogen-bond acceptors (Lipinski definition) is 4. The molecule has 0 aliphatic carbocycles. The number of phenols is 1. The molecule has 25 heavy (non-hydrogen) atoms. The zero-order valence-corrected chi connectivity index (χ0v) is 14.5. The van der Waals surface area contributed by atoms with Crippen molar-refractivity contribution in [3.63, 3.8) is 0 Å². The minimum absolute atomic E-state index is 0.0290. The van der Waals surface area contributed by atoms with Gasteiger partial charge >= 0.3 is 0 Å². The number of hydrogen-bond donors (Lipinski definition) is 1. The van der Waals surface area contributed by atoms with Gasteiger partial charge < -0.3 is 14.7 Å². The lowest BCUT2D eigenvalue weighted by Crippen LogP contribution is -2.29. The number of aromatic nitrogens is 1. The van der Waals surface area contributed by atoms with Crippen molar-refractivity contribution in [3.8, 4) is 11.5 Å². The first kappa shape index (κ1) is 17.0. The highest BCUT2D eigenvalue weighted by molar-refractivity contribution is 5.92. The third-order valence-corrected chi connectivity index (χ3v) is 4.41. The molecule has 0 bridgehead atoms. The molecule has 5 nitrogen and oxygen atoms in total. The van der Waals surface area contributed by atoms with Crippen LogP contribution in [-0.2, 0) is 4.79 Å². The van der Waals surface area contributed by atoms with Crippen molar-refractivity contribution >= 4 is 12.0 Å². The van der Waals surface area contributed by atoms with Crippen LogP contribution in [0.2, 0.25) is 0 Å². The molecular weight excluding hydrogens is 316 g/mol. The third-order valence-electron chi connectivity index (χ3n) is 4.41. The third kappa shape index (κ3) is 3.82. The minimum Gasteiger partial charge on any atom is -0.504 e. The SMILES string of the molecule is COc1ccc(/C=C/C(=O)N2CCC[C@@H]2c2cccc(C)n2)cc1O. The summed E-state index contributed by atoms with van der Waals surface area (Å²) >= 11 is 0. The molecule has 1 fully saturated rings. The van der Waals surface area contributed by atoms with E-state index >= 15 is 0 Å². The monoisotopic (exact) mass is 338 g/mol.